The van der Waals surface area contributed by atoms with Gasteiger partial charge in [-0.05, 0) is 20.8 Å². The standard InChI is InChI=1S/C7H14O2Si/c1-5(2)6(3)7(8)9-4-10/h4H2,1-3,10H3. The van der Waals surface area contributed by atoms with Crippen molar-refractivity contribution in [3.05, 3.63) is 11.1 Å². The maximum atomic E-state index is 10.9. The number of hydrogen-bond donors (Lipinski definition) is 0. The largest absolute Gasteiger partial charge is 0.467 e. The van der Waals surface area contributed by atoms with Crippen LogP contribution in [0.4, 0.5) is 0 Å². The van der Waals surface area contributed by atoms with Gasteiger partial charge in [0.25, 0.3) is 0 Å². The fourth-order valence-electron chi connectivity index (χ4n) is 0.443. The van der Waals surface area contributed by atoms with Gasteiger partial charge in [-0.15, -0.1) is 0 Å². The Morgan fingerprint density at radius 3 is 2.20 bits per heavy atom. The van der Waals surface area contributed by atoms with Gasteiger partial charge < -0.3 is 4.74 Å². The number of carbonyl (C=O) groups excluding carboxylic acids is 1. The summed E-state index contributed by atoms with van der Waals surface area (Å²) in [6, 6.07) is 0. The van der Waals surface area contributed by atoms with E-state index in [0.717, 1.165) is 21.4 Å². The van der Waals surface area contributed by atoms with Crippen LogP contribution in [0.2, 0.25) is 0 Å². The van der Waals surface area contributed by atoms with Crippen molar-refractivity contribution in [3.8, 4) is 0 Å². The average Bonchev–Trinajstić information content (AvgIpc) is 1.87. The molecule has 0 unspecified atom stereocenters. The number of allylic oxidation sites excluding steroid dienone is 1. The highest BCUT2D eigenvalue weighted by Crippen LogP contribution is 2.02. The molecule has 0 aromatic carbocycles. The normalized spacial score (nSPS) is 9.10. The van der Waals surface area contributed by atoms with Crippen molar-refractivity contribution >= 4 is 16.2 Å². The topological polar surface area (TPSA) is 26.3 Å². The van der Waals surface area contributed by atoms with E-state index in [9.17, 15) is 4.79 Å². The second-order valence-corrected chi connectivity index (χ2v) is 2.92. The molecule has 0 amide bonds. The lowest BCUT2D eigenvalue weighted by molar-refractivity contribution is -0.137. The van der Waals surface area contributed by atoms with Crippen molar-refractivity contribution in [2.24, 2.45) is 0 Å². The zero-order chi connectivity index (χ0) is 8.15. The molecule has 0 saturated carbocycles. The molecule has 0 fully saturated rings. The highest BCUT2D eigenvalue weighted by Gasteiger charge is 2.04. The van der Waals surface area contributed by atoms with Crippen LogP contribution < -0.4 is 0 Å². The highest BCUT2D eigenvalue weighted by molar-refractivity contribution is 6.09. The Bertz CT molecular complexity index is 157. The van der Waals surface area contributed by atoms with Crippen LogP contribution in [0.5, 0.6) is 0 Å². The second kappa shape index (κ2) is 4.28. The van der Waals surface area contributed by atoms with Crippen molar-refractivity contribution < 1.29 is 9.53 Å². The Labute approximate surface area is 64.7 Å². The summed E-state index contributed by atoms with van der Waals surface area (Å²) < 4.78 is 4.83. The number of rotatable bonds is 2. The molecule has 2 nitrogen and oxygen atoms in total. The first-order valence-electron chi connectivity index (χ1n) is 3.40. The fraction of sp³-hybridized carbons (Fsp3) is 0.571. The Hall–Kier alpha value is -0.573. The van der Waals surface area contributed by atoms with Crippen molar-refractivity contribution in [2.45, 2.75) is 20.8 Å². The predicted octanol–water partition coefficient (Wildman–Crippen LogP) is 0.209. The molecule has 0 radical (unpaired) electrons. The third-order valence-electron chi connectivity index (χ3n) is 1.33. The minimum atomic E-state index is -0.171. The minimum Gasteiger partial charge on any atom is -0.467 e. The van der Waals surface area contributed by atoms with Crippen LogP contribution in [0.25, 0.3) is 0 Å². The van der Waals surface area contributed by atoms with Gasteiger partial charge in [0.1, 0.15) is 0 Å². The van der Waals surface area contributed by atoms with E-state index in [1.165, 1.54) is 0 Å². The van der Waals surface area contributed by atoms with Gasteiger partial charge in [0.05, 0.1) is 16.5 Å². The average molecular weight is 158 g/mol. The molecule has 0 saturated heterocycles. The molecule has 0 aliphatic rings. The van der Waals surface area contributed by atoms with Crippen molar-refractivity contribution in [3.63, 3.8) is 0 Å². The molecule has 0 aliphatic heterocycles. The second-order valence-electron chi connectivity index (χ2n) is 2.35. The van der Waals surface area contributed by atoms with Crippen LogP contribution >= 0.6 is 0 Å². The third kappa shape index (κ3) is 2.82. The smallest absolute Gasteiger partial charge is 0.333 e. The Morgan fingerprint density at radius 2 is 1.90 bits per heavy atom. The van der Waals surface area contributed by atoms with E-state index in [2.05, 4.69) is 0 Å². The lowest BCUT2D eigenvalue weighted by atomic mass is 10.2. The number of esters is 1. The van der Waals surface area contributed by atoms with Crippen LogP contribution in [0, 0.1) is 0 Å². The van der Waals surface area contributed by atoms with Crippen molar-refractivity contribution in [2.75, 3.05) is 6.23 Å². The van der Waals surface area contributed by atoms with Crippen LogP contribution in [0.1, 0.15) is 20.8 Å². The lowest BCUT2D eigenvalue weighted by Gasteiger charge is -2.02. The molecular weight excluding hydrogens is 144 g/mol. The van der Waals surface area contributed by atoms with Gasteiger partial charge in [0, 0.05) is 5.57 Å². The predicted molar refractivity (Wildman–Crippen MR) is 44.9 cm³/mol. The SMILES string of the molecule is CC(C)=C(C)C(=O)OC[SiH3]. The quantitative estimate of drug-likeness (QED) is 0.326. The molecule has 0 aromatic rings. The third-order valence-corrected chi connectivity index (χ3v) is 1.62. The van der Waals surface area contributed by atoms with Gasteiger partial charge in [-0.25, -0.2) is 4.79 Å². The summed E-state index contributed by atoms with van der Waals surface area (Å²) in [6.07, 6.45) is 0.587. The Balaban J connectivity index is 4.09. The highest BCUT2D eigenvalue weighted by atomic mass is 28.1. The zero-order valence-corrected chi connectivity index (χ0v) is 9.02. The van der Waals surface area contributed by atoms with E-state index in [1.807, 2.05) is 13.8 Å². The molecule has 0 bridgehead atoms. The monoisotopic (exact) mass is 158 g/mol. The number of ether oxygens (including phenoxy) is 1. The summed E-state index contributed by atoms with van der Waals surface area (Å²) in [6.45, 7) is 5.60. The molecule has 0 spiro atoms. The van der Waals surface area contributed by atoms with Gasteiger partial charge in [0.2, 0.25) is 0 Å². The van der Waals surface area contributed by atoms with Gasteiger partial charge in [-0.2, -0.15) is 0 Å². The molecular formula is C7H14O2Si. The van der Waals surface area contributed by atoms with E-state index in [-0.39, 0.29) is 5.97 Å². The van der Waals surface area contributed by atoms with Gasteiger partial charge in [-0.1, -0.05) is 5.57 Å². The maximum Gasteiger partial charge on any atom is 0.333 e. The van der Waals surface area contributed by atoms with Crippen LogP contribution in [-0.2, 0) is 9.53 Å². The van der Waals surface area contributed by atoms with Crippen molar-refractivity contribution in [1.82, 2.24) is 0 Å². The first kappa shape index (κ1) is 9.43. The van der Waals surface area contributed by atoms with E-state index in [1.54, 1.807) is 6.92 Å². The molecule has 0 aliphatic carbocycles. The fourth-order valence-corrected chi connectivity index (χ4v) is 0.706. The summed E-state index contributed by atoms with van der Waals surface area (Å²) in [7, 11) is 0.913. The van der Waals surface area contributed by atoms with E-state index < -0.39 is 0 Å². The molecule has 58 valence electrons. The molecule has 0 N–H and O–H groups in total. The van der Waals surface area contributed by atoms with Crippen LogP contribution in [0.15, 0.2) is 11.1 Å². The van der Waals surface area contributed by atoms with Gasteiger partial charge >= 0.3 is 5.97 Å². The Morgan fingerprint density at radius 1 is 1.40 bits per heavy atom. The maximum absolute atomic E-state index is 10.9. The number of carbonyl (C=O) groups is 1. The van der Waals surface area contributed by atoms with Crippen molar-refractivity contribution in [1.29, 1.82) is 0 Å². The van der Waals surface area contributed by atoms with Gasteiger partial charge in [0.15, 0.2) is 0 Å². The summed E-state index contributed by atoms with van der Waals surface area (Å²) in [4.78, 5) is 10.9. The first-order valence-corrected chi connectivity index (χ1v) is 4.82. The van der Waals surface area contributed by atoms with E-state index >= 15 is 0 Å². The number of hydrogen-bond acceptors (Lipinski definition) is 2. The summed E-state index contributed by atoms with van der Waals surface area (Å²) in [5.41, 5.74) is 1.76. The summed E-state index contributed by atoms with van der Waals surface area (Å²) in [5.74, 6) is -0.171. The molecule has 3 heteroatoms. The molecule has 0 atom stereocenters. The molecule has 0 rings (SSSR count). The minimum absolute atomic E-state index is 0.171. The first-order chi connectivity index (χ1) is 4.59. The molecule has 0 aromatic heterocycles. The Kier molecular flexibility index (Phi) is 4.03. The molecule has 0 heterocycles. The van der Waals surface area contributed by atoms with Crippen LogP contribution in [0.3, 0.4) is 0 Å². The van der Waals surface area contributed by atoms with E-state index in [4.69, 9.17) is 4.74 Å². The lowest BCUT2D eigenvalue weighted by Crippen LogP contribution is -2.07. The molecule has 10 heavy (non-hydrogen) atoms. The summed E-state index contributed by atoms with van der Waals surface area (Å²) >= 11 is 0. The van der Waals surface area contributed by atoms with E-state index in [0.29, 0.717) is 6.23 Å². The summed E-state index contributed by atoms with van der Waals surface area (Å²) in [5, 5.41) is 0. The van der Waals surface area contributed by atoms with Crippen LogP contribution in [-0.4, -0.2) is 22.4 Å². The zero-order valence-electron chi connectivity index (χ0n) is 7.02. The van der Waals surface area contributed by atoms with Gasteiger partial charge in [-0.3, -0.25) is 0 Å².